The number of fused-ring (bicyclic) bond motifs is 3. The summed E-state index contributed by atoms with van der Waals surface area (Å²) in [6.45, 7) is 3.35. The van der Waals surface area contributed by atoms with Crippen LogP contribution >= 0.6 is 0 Å². The van der Waals surface area contributed by atoms with Crippen molar-refractivity contribution in [3.63, 3.8) is 0 Å². The smallest absolute Gasteiger partial charge is 0.326 e. The van der Waals surface area contributed by atoms with Gasteiger partial charge in [-0.1, -0.05) is 0 Å². The Bertz CT molecular complexity index is 1270. The number of aromatic amines is 1. The molecule has 9 nitrogen and oxygen atoms in total. The highest BCUT2D eigenvalue weighted by Gasteiger charge is 2.23. The molecule has 4 heterocycles. The maximum absolute atomic E-state index is 14.4. The minimum Gasteiger partial charge on any atom is -0.421 e. The van der Waals surface area contributed by atoms with Crippen LogP contribution < -0.4 is 20.7 Å². The first-order valence-electron chi connectivity index (χ1n) is 10.7. The lowest BCUT2D eigenvalue weighted by Gasteiger charge is -2.22. The summed E-state index contributed by atoms with van der Waals surface area (Å²) >= 11 is 0. The zero-order valence-corrected chi connectivity index (χ0v) is 18.0. The number of anilines is 2. The number of ether oxygens (including phenoxy) is 1. The zero-order chi connectivity index (χ0) is 22.2. The quantitative estimate of drug-likeness (QED) is 0.445. The molecule has 1 aliphatic rings. The van der Waals surface area contributed by atoms with Crippen LogP contribution in [0.15, 0.2) is 24.5 Å². The van der Waals surface area contributed by atoms with Crippen molar-refractivity contribution in [2.75, 3.05) is 30.4 Å². The molecular formula is C22H25FN8O. The van der Waals surface area contributed by atoms with Crippen molar-refractivity contribution >= 4 is 33.4 Å². The van der Waals surface area contributed by atoms with Gasteiger partial charge in [-0.2, -0.15) is 9.97 Å². The predicted molar refractivity (Wildman–Crippen MR) is 122 cm³/mol. The first-order chi connectivity index (χ1) is 15.5. The summed E-state index contributed by atoms with van der Waals surface area (Å²) < 4.78 is 20.3. The summed E-state index contributed by atoms with van der Waals surface area (Å²) in [5, 5.41) is 4.53. The van der Waals surface area contributed by atoms with E-state index in [4.69, 9.17) is 15.5 Å². The molecule has 0 amide bonds. The van der Waals surface area contributed by atoms with Crippen LogP contribution in [0.1, 0.15) is 25.1 Å². The Balaban J connectivity index is 1.69. The van der Waals surface area contributed by atoms with Crippen LogP contribution in [0, 0.1) is 12.7 Å². The number of aromatic nitrogens is 5. The maximum Gasteiger partial charge on any atom is 0.326 e. The standard InChI is InChI=1S/C22H25FN8O/c1-12-26-10-15(11-27-12)32-22-29-20-18(16-8-13(23)9-17(25-2)19(16)28-20)21(30-22)31-6-3-4-14(24)5-7-31/h8-11,14,25H,3-7,24H2,1-2H3,(H,28,29,30). The van der Waals surface area contributed by atoms with Gasteiger partial charge in [-0.25, -0.2) is 14.4 Å². The molecule has 0 radical (unpaired) electrons. The van der Waals surface area contributed by atoms with Gasteiger partial charge in [-0.05, 0) is 38.3 Å². The second-order valence-corrected chi connectivity index (χ2v) is 8.05. The number of nitrogens with one attached hydrogen (secondary N) is 2. The van der Waals surface area contributed by atoms with E-state index in [2.05, 4.69) is 30.2 Å². The molecule has 1 unspecified atom stereocenters. The van der Waals surface area contributed by atoms with Gasteiger partial charge < -0.3 is 25.7 Å². The van der Waals surface area contributed by atoms with E-state index in [1.54, 1.807) is 26.4 Å². The van der Waals surface area contributed by atoms with Gasteiger partial charge in [0.25, 0.3) is 0 Å². The number of hydrogen-bond donors (Lipinski definition) is 3. The van der Waals surface area contributed by atoms with Crippen molar-refractivity contribution in [2.45, 2.75) is 32.2 Å². The maximum atomic E-state index is 14.4. The summed E-state index contributed by atoms with van der Waals surface area (Å²) in [6, 6.07) is 3.30. The third-order valence-corrected chi connectivity index (χ3v) is 5.79. The van der Waals surface area contributed by atoms with Gasteiger partial charge in [0, 0.05) is 31.6 Å². The van der Waals surface area contributed by atoms with E-state index in [1.807, 2.05) is 0 Å². The van der Waals surface area contributed by atoms with Gasteiger partial charge >= 0.3 is 6.01 Å². The SMILES string of the molecule is CNc1cc(F)cc2c1[nH]c1nc(Oc3cnc(C)nc3)nc(N3CCCC(N)CC3)c12. The predicted octanol–water partition coefficient (Wildman–Crippen LogP) is 3.50. The zero-order valence-electron chi connectivity index (χ0n) is 18.0. The molecule has 0 bridgehead atoms. The van der Waals surface area contributed by atoms with Gasteiger partial charge in [-0.15, -0.1) is 0 Å². The van der Waals surface area contributed by atoms with Crippen LogP contribution in [0.4, 0.5) is 15.9 Å². The van der Waals surface area contributed by atoms with Crippen molar-refractivity contribution in [3.05, 3.63) is 36.2 Å². The Morgan fingerprint density at radius 2 is 2.00 bits per heavy atom. The molecule has 10 heteroatoms. The minimum absolute atomic E-state index is 0.161. The van der Waals surface area contributed by atoms with E-state index in [1.165, 1.54) is 12.1 Å². The number of aryl methyl sites for hydroxylation is 1. The highest BCUT2D eigenvalue weighted by atomic mass is 19.1. The third-order valence-electron chi connectivity index (χ3n) is 5.79. The van der Waals surface area contributed by atoms with E-state index >= 15 is 0 Å². The second-order valence-electron chi connectivity index (χ2n) is 8.05. The molecule has 0 aliphatic carbocycles. The van der Waals surface area contributed by atoms with Gasteiger partial charge in [0.1, 0.15) is 23.1 Å². The Labute approximate surface area is 184 Å². The fourth-order valence-corrected chi connectivity index (χ4v) is 4.17. The van der Waals surface area contributed by atoms with Gasteiger partial charge in [0.2, 0.25) is 0 Å². The lowest BCUT2D eigenvalue weighted by molar-refractivity contribution is 0.439. The van der Waals surface area contributed by atoms with Gasteiger partial charge in [0.05, 0.1) is 29.0 Å². The summed E-state index contributed by atoms with van der Waals surface area (Å²) in [5.74, 6) is 1.46. The topological polar surface area (TPSA) is 118 Å². The molecule has 5 rings (SSSR count). The Kier molecular flexibility index (Phi) is 5.22. The van der Waals surface area contributed by atoms with Crippen molar-refractivity contribution in [1.82, 2.24) is 24.9 Å². The number of benzene rings is 1. The first-order valence-corrected chi connectivity index (χ1v) is 10.7. The molecule has 4 aromatic rings. The molecule has 0 saturated carbocycles. The second kappa shape index (κ2) is 8.19. The first kappa shape index (κ1) is 20.4. The molecule has 1 fully saturated rings. The molecule has 166 valence electrons. The van der Waals surface area contributed by atoms with Gasteiger partial charge in [-0.3, -0.25) is 0 Å². The molecule has 4 N–H and O–H groups in total. The van der Waals surface area contributed by atoms with Crippen LogP contribution in [0.5, 0.6) is 11.8 Å². The minimum atomic E-state index is -0.330. The van der Waals surface area contributed by atoms with E-state index < -0.39 is 0 Å². The summed E-state index contributed by atoms with van der Waals surface area (Å²) in [7, 11) is 1.76. The number of H-pyrrole nitrogens is 1. The number of halogens is 1. The Morgan fingerprint density at radius 3 is 2.78 bits per heavy atom. The lowest BCUT2D eigenvalue weighted by atomic mass is 10.1. The van der Waals surface area contributed by atoms with Crippen molar-refractivity contribution in [2.24, 2.45) is 5.73 Å². The highest BCUT2D eigenvalue weighted by molar-refractivity contribution is 6.14. The molecule has 1 aromatic carbocycles. The summed E-state index contributed by atoms with van der Waals surface area (Å²) in [4.78, 5) is 23.2. The van der Waals surface area contributed by atoms with Crippen LogP contribution in [0.2, 0.25) is 0 Å². The molecule has 1 aliphatic heterocycles. The number of nitrogens with two attached hydrogens (primary N) is 1. The lowest BCUT2D eigenvalue weighted by Crippen LogP contribution is -2.27. The molecule has 0 spiro atoms. The van der Waals surface area contributed by atoms with E-state index in [0.29, 0.717) is 28.7 Å². The molecule has 1 atom stereocenters. The van der Waals surface area contributed by atoms with E-state index in [-0.39, 0.29) is 17.9 Å². The van der Waals surface area contributed by atoms with Gasteiger partial charge in [0.15, 0.2) is 5.75 Å². The summed E-state index contributed by atoms with van der Waals surface area (Å²) in [6.07, 6.45) is 5.93. The monoisotopic (exact) mass is 436 g/mol. The van der Waals surface area contributed by atoms with Crippen LogP contribution in [0.3, 0.4) is 0 Å². The molecule has 1 saturated heterocycles. The Morgan fingerprint density at radius 1 is 1.19 bits per heavy atom. The fraction of sp³-hybridized carbons (Fsp3) is 0.364. The van der Waals surface area contributed by atoms with Crippen molar-refractivity contribution in [1.29, 1.82) is 0 Å². The number of hydrogen-bond acceptors (Lipinski definition) is 8. The fourth-order valence-electron chi connectivity index (χ4n) is 4.17. The largest absolute Gasteiger partial charge is 0.421 e. The molecule has 32 heavy (non-hydrogen) atoms. The van der Waals surface area contributed by atoms with Crippen LogP contribution in [0.25, 0.3) is 21.9 Å². The molecule has 3 aromatic heterocycles. The normalized spacial score (nSPS) is 17.0. The average molecular weight is 436 g/mol. The molecular weight excluding hydrogens is 411 g/mol. The number of nitrogens with zero attached hydrogens (tertiary/aromatic N) is 5. The van der Waals surface area contributed by atoms with E-state index in [0.717, 1.165) is 48.6 Å². The number of rotatable bonds is 4. The average Bonchev–Trinajstić information content (AvgIpc) is 3.00. The Hall–Kier alpha value is -3.53. The summed E-state index contributed by atoms with van der Waals surface area (Å²) in [5.41, 5.74) is 8.19. The van der Waals surface area contributed by atoms with E-state index in [9.17, 15) is 4.39 Å². The van der Waals surface area contributed by atoms with Crippen molar-refractivity contribution in [3.8, 4) is 11.8 Å². The highest BCUT2D eigenvalue weighted by Crippen LogP contribution is 2.37. The van der Waals surface area contributed by atoms with Crippen molar-refractivity contribution < 1.29 is 9.13 Å². The van der Waals surface area contributed by atoms with Crippen LogP contribution in [-0.4, -0.2) is 51.1 Å². The third kappa shape index (κ3) is 3.77. The van der Waals surface area contributed by atoms with Crippen LogP contribution in [-0.2, 0) is 0 Å².